The molecular formula is C9H19NOS2. The van der Waals surface area contributed by atoms with E-state index in [1.165, 1.54) is 17.9 Å². The predicted octanol–water partition coefficient (Wildman–Crippen LogP) is 1.24. The molecule has 0 aliphatic carbocycles. The summed E-state index contributed by atoms with van der Waals surface area (Å²) < 4.78 is 10.9. The molecule has 3 unspecified atom stereocenters. The van der Waals surface area contributed by atoms with Gasteiger partial charge in [-0.1, -0.05) is 0 Å². The van der Waals surface area contributed by atoms with Crippen LogP contribution >= 0.6 is 11.8 Å². The second kappa shape index (κ2) is 6.04. The van der Waals surface area contributed by atoms with Gasteiger partial charge in [0.25, 0.3) is 0 Å². The van der Waals surface area contributed by atoms with Gasteiger partial charge in [-0.05, 0) is 25.5 Å². The summed E-state index contributed by atoms with van der Waals surface area (Å²) >= 11 is 2.03. The van der Waals surface area contributed by atoms with Gasteiger partial charge >= 0.3 is 0 Å². The average molecular weight is 221 g/mol. The predicted molar refractivity (Wildman–Crippen MR) is 61.9 cm³/mol. The molecule has 0 saturated carbocycles. The Kier molecular flexibility index (Phi) is 5.36. The monoisotopic (exact) mass is 221 g/mol. The van der Waals surface area contributed by atoms with Crippen molar-refractivity contribution in [1.29, 1.82) is 0 Å². The molecule has 1 heterocycles. The van der Waals surface area contributed by atoms with Crippen LogP contribution in [0.15, 0.2) is 0 Å². The summed E-state index contributed by atoms with van der Waals surface area (Å²) in [6.45, 7) is 2.19. The molecule has 1 rings (SSSR count). The molecule has 1 aliphatic heterocycles. The summed E-state index contributed by atoms with van der Waals surface area (Å²) in [6.07, 6.45) is 4.10. The van der Waals surface area contributed by atoms with E-state index in [9.17, 15) is 4.21 Å². The maximum Gasteiger partial charge on any atom is 0.0246 e. The van der Waals surface area contributed by atoms with E-state index in [2.05, 4.69) is 12.2 Å². The lowest BCUT2D eigenvalue weighted by Crippen LogP contribution is -2.37. The van der Waals surface area contributed by atoms with Gasteiger partial charge in [0.15, 0.2) is 0 Å². The molecule has 0 aromatic rings. The maximum absolute atomic E-state index is 10.9. The highest BCUT2D eigenvalue weighted by molar-refractivity contribution is 7.99. The fraction of sp³-hybridized carbons (Fsp3) is 1.00. The zero-order valence-electron chi connectivity index (χ0n) is 8.41. The summed E-state index contributed by atoms with van der Waals surface area (Å²) in [5, 5.41) is 3.58. The summed E-state index contributed by atoms with van der Waals surface area (Å²) in [7, 11) is -0.634. The van der Waals surface area contributed by atoms with Crippen LogP contribution in [0.3, 0.4) is 0 Å². The van der Waals surface area contributed by atoms with Crippen molar-refractivity contribution >= 4 is 22.6 Å². The third-order valence-electron chi connectivity index (χ3n) is 2.29. The molecule has 3 atom stereocenters. The lowest BCUT2D eigenvalue weighted by Gasteiger charge is -2.17. The number of thioether (sulfide) groups is 1. The minimum absolute atomic E-state index is 0.521. The van der Waals surface area contributed by atoms with Crippen LogP contribution in [0.5, 0.6) is 0 Å². The highest BCUT2D eigenvalue weighted by Crippen LogP contribution is 2.17. The molecule has 78 valence electrons. The van der Waals surface area contributed by atoms with Crippen LogP contribution in [0.4, 0.5) is 0 Å². The summed E-state index contributed by atoms with van der Waals surface area (Å²) in [5.74, 6) is 3.37. The zero-order valence-corrected chi connectivity index (χ0v) is 10.0. The van der Waals surface area contributed by atoms with Crippen molar-refractivity contribution in [3.8, 4) is 0 Å². The molecule has 0 radical (unpaired) electrons. The van der Waals surface area contributed by atoms with E-state index in [1.807, 2.05) is 11.8 Å². The van der Waals surface area contributed by atoms with Crippen LogP contribution in [0.1, 0.15) is 19.8 Å². The van der Waals surface area contributed by atoms with Gasteiger partial charge < -0.3 is 5.32 Å². The molecule has 1 saturated heterocycles. The van der Waals surface area contributed by atoms with Crippen molar-refractivity contribution in [2.24, 2.45) is 0 Å². The zero-order chi connectivity index (χ0) is 9.68. The van der Waals surface area contributed by atoms with Gasteiger partial charge in [0.2, 0.25) is 0 Å². The largest absolute Gasteiger partial charge is 0.311 e. The Morgan fingerprint density at radius 1 is 1.69 bits per heavy atom. The minimum atomic E-state index is -0.634. The molecule has 0 amide bonds. The Balaban J connectivity index is 2.09. The maximum atomic E-state index is 10.9. The van der Waals surface area contributed by atoms with Gasteiger partial charge in [-0.25, -0.2) is 0 Å². The van der Waals surface area contributed by atoms with Crippen molar-refractivity contribution in [2.75, 3.05) is 23.5 Å². The first-order valence-corrected chi connectivity index (χ1v) is 7.70. The van der Waals surface area contributed by atoms with E-state index < -0.39 is 10.8 Å². The first-order valence-electron chi connectivity index (χ1n) is 4.82. The number of hydrogen-bond acceptors (Lipinski definition) is 3. The Hall–Kier alpha value is 0.460. The van der Waals surface area contributed by atoms with Crippen molar-refractivity contribution in [3.63, 3.8) is 0 Å². The van der Waals surface area contributed by atoms with Crippen molar-refractivity contribution in [3.05, 3.63) is 0 Å². The van der Waals surface area contributed by atoms with Crippen molar-refractivity contribution in [1.82, 2.24) is 5.32 Å². The van der Waals surface area contributed by atoms with Gasteiger partial charge in [0, 0.05) is 40.6 Å². The van der Waals surface area contributed by atoms with E-state index in [0.717, 1.165) is 12.2 Å². The molecule has 0 spiro atoms. The molecule has 1 fully saturated rings. The molecule has 0 aromatic carbocycles. The highest BCUT2D eigenvalue weighted by atomic mass is 32.2. The standard InChI is InChI=1S/C9H19NOS2/c1-8(4-6-13(2)11)10-9-3-5-12-7-9/h8-10H,3-7H2,1-2H3. The van der Waals surface area contributed by atoms with E-state index in [-0.39, 0.29) is 0 Å². The molecule has 1 aliphatic rings. The second-order valence-corrected chi connectivity index (χ2v) is 6.40. The Morgan fingerprint density at radius 2 is 2.46 bits per heavy atom. The number of hydrogen-bond donors (Lipinski definition) is 1. The Bertz CT molecular complexity index is 169. The number of nitrogens with one attached hydrogen (secondary N) is 1. The fourth-order valence-corrected chi connectivity index (χ4v) is 3.35. The third-order valence-corrected chi connectivity index (χ3v) is 4.26. The number of rotatable bonds is 5. The van der Waals surface area contributed by atoms with Gasteiger partial charge in [-0.2, -0.15) is 11.8 Å². The minimum Gasteiger partial charge on any atom is -0.311 e. The van der Waals surface area contributed by atoms with E-state index in [4.69, 9.17) is 0 Å². The lowest BCUT2D eigenvalue weighted by atomic mass is 10.2. The van der Waals surface area contributed by atoms with Gasteiger partial charge in [0.05, 0.1) is 0 Å². The van der Waals surface area contributed by atoms with Crippen molar-refractivity contribution in [2.45, 2.75) is 31.8 Å². The van der Waals surface area contributed by atoms with Crippen molar-refractivity contribution < 1.29 is 4.21 Å². The topological polar surface area (TPSA) is 29.1 Å². The van der Waals surface area contributed by atoms with Crippen LogP contribution < -0.4 is 5.32 Å². The highest BCUT2D eigenvalue weighted by Gasteiger charge is 2.16. The molecule has 4 heteroatoms. The first-order chi connectivity index (χ1) is 6.18. The molecule has 0 bridgehead atoms. The Morgan fingerprint density at radius 3 is 3.00 bits per heavy atom. The van der Waals surface area contributed by atoms with E-state index in [0.29, 0.717) is 12.1 Å². The van der Waals surface area contributed by atoms with E-state index in [1.54, 1.807) is 6.26 Å². The second-order valence-electron chi connectivity index (χ2n) is 3.69. The molecule has 2 nitrogen and oxygen atoms in total. The lowest BCUT2D eigenvalue weighted by molar-refractivity contribution is 0.464. The molecule has 0 aromatic heterocycles. The normalized spacial score (nSPS) is 27.4. The smallest absolute Gasteiger partial charge is 0.0246 e. The Labute approximate surface area is 87.7 Å². The van der Waals surface area contributed by atoms with Crippen LogP contribution in [-0.4, -0.2) is 39.8 Å². The van der Waals surface area contributed by atoms with Gasteiger partial charge in [-0.15, -0.1) is 0 Å². The van der Waals surface area contributed by atoms with Crippen LogP contribution in [0, 0.1) is 0 Å². The SMILES string of the molecule is CC(CCS(C)=O)NC1CCSC1. The first kappa shape index (κ1) is 11.5. The molecule has 1 N–H and O–H groups in total. The fourth-order valence-electron chi connectivity index (χ4n) is 1.49. The quantitative estimate of drug-likeness (QED) is 0.757. The molecular weight excluding hydrogens is 202 g/mol. The third kappa shape index (κ3) is 5.03. The van der Waals surface area contributed by atoms with Crippen LogP contribution in [0.25, 0.3) is 0 Å². The summed E-state index contributed by atoms with van der Waals surface area (Å²) in [5.41, 5.74) is 0. The van der Waals surface area contributed by atoms with Crippen LogP contribution in [0.2, 0.25) is 0 Å². The van der Waals surface area contributed by atoms with Gasteiger partial charge in [-0.3, -0.25) is 4.21 Å². The van der Waals surface area contributed by atoms with Gasteiger partial charge in [0.1, 0.15) is 0 Å². The average Bonchev–Trinajstić information content (AvgIpc) is 2.53. The molecule has 13 heavy (non-hydrogen) atoms. The van der Waals surface area contributed by atoms with E-state index >= 15 is 0 Å². The summed E-state index contributed by atoms with van der Waals surface area (Å²) in [6, 6.07) is 1.22. The summed E-state index contributed by atoms with van der Waals surface area (Å²) in [4.78, 5) is 0. The van der Waals surface area contributed by atoms with Crippen LogP contribution in [-0.2, 0) is 10.8 Å².